The number of aromatic nitrogens is 2. The smallest absolute Gasteiger partial charge is 0.213 e. The fourth-order valence-corrected chi connectivity index (χ4v) is 8.75. The Bertz CT molecular complexity index is 3450. The zero-order valence-corrected chi connectivity index (χ0v) is 29.0. The van der Waals surface area contributed by atoms with E-state index in [4.69, 9.17) is 8.83 Å². The van der Waals surface area contributed by atoms with Crippen LogP contribution in [0.5, 0.6) is 0 Å². The summed E-state index contributed by atoms with van der Waals surface area (Å²) in [6.07, 6.45) is 0. The molecule has 12 aromatic rings. The van der Waals surface area contributed by atoms with Crippen LogP contribution in [0.25, 0.3) is 110 Å². The molecule has 12 rings (SSSR count). The molecule has 0 unspecified atom stereocenters. The van der Waals surface area contributed by atoms with Gasteiger partial charge < -0.3 is 13.4 Å². The standard InChI is InChI=1S/C50H30N2O2/c1-2-13-34(14-3-1)52-44-21-11-19-36(48(44)49-39-18-6-9-23-46(39)54-50(49)52)33-12-10-15-35(28-33)51-42-20-7-4-16-37(42)40-29-31(24-26-43(40)51)32-25-27-47-41(30-32)38-17-5-8-22-45(38)53-47/h1-30H. The van der Waals surface area contributed by atoms with Crippen molar-refractivity contribution in [2.45, 2.75) is 0 Å². The molecule has 0 atom stereocenters. The molecule has 0 amide bonds. The molecule has 0 aliphatic heterocycles. The van der Waals surface area contributed by atoms with Gasteiger partial charge in [0.1, 0.15) is 16.7 Å². The molecule has 54 heavy (non-hydrogen) atoms. The summed E-state index contributed by atoms with van der Waals surface area (Å²) in [5.74, 6) is 0. The lowest BCUT2D eigenvalue weighted by Gasteiger charge is -2.12. The second kappa shape index (κ2) is 11.1. The van der Waals surface area contributed by atoms with E-state index in [0.717, 1.165) is 66.5 Å². The van der Waals surface area contributed by atoms with Crippen molar-refractivity contribution in [3.8, 4) is 33.6 Å². The third kappa shape index (κ3) is 4.13. The van der Waals surface area contributed by atoms with Gasteiger partial charge in [-0.25, -0.2) is 0 Å². The lowest BCUT2D eigenvalue weighted by atomic mass is 9.98. The average molecular weight is 691 g/mol. The van der Waals surface area contributed by atoms with Gasteiger partial charge in [-0.05, 0) is 95.1 Å². The van der Waals surface area contributed by atoms with Crippen molar-refractivity contribution < 1.29 is 8.83 Å². The third-order valence-electron chi connectivity index (χ3n) is 11.1. The first kappa shape index (κ1) is 29.3. The van der Waals surface area contributed by atoms with E-state index in [9.17, 15) is 0 Å². The molecule has 4 heteroatoms. The molecule has 4 nitrogen and oxygen atoms in total. The van der Waals surface area contributed by atoms with Crippen LogP contribution in [0.1, 0.15) is 0 Å². The molecule has 4 heterocycles. The maximum absolute atomic E-state index is 6.62. The van der Waals surface area contributed by atoms with Crippen LogP contribution < -0.4 is 0 Å². The van der Waals surface area contributed by atoms with Crippen molar-refractivity contribution in [1.29, 1.82) is 0 Å². The van der Waals surface area contributed by atoms with Crippen molar-refractivity contribution in [3.05, 3.63) is 182 Å². The summed E-state index contributed by atoms with van der Waals surface area (Å²) in [4.78, 5) is 0. The molecule has 252 valence electrons. The fraction of sp³-hybridized carbons (Fsp3) is 0. The van der Waals surface area contributed by atoms with Crippen LogP contribution in [0.15, 0.2) is 191 Å². The summed E-state index contributed by atoms with van der Waals surface area (Å²) in [5, 5.41) is 8.17. The van der Waals surface area contributed by atoms with E-state index >= 15 is 0 Å². The molecular formula is C50H30N2O2. The SMILES string of the molecule is c1ccc(-n2c3cccc(-c4cccc(-n5c6ccccc6c6cc(-c7ccc8oc9ccccc9c8c7)ccc65)c4)c3c3c4ccccc4oc32)cc1. The topological polar surface area (TPSA) is 36.1 Å². The van der Waals surface area contributed by atoms with Crippen molar-refractivity contribution in [2.24, 2.45) is 0 Å². The van der Waals surface area contributed by atoms with Crippen LogP contribution >= 0.6 is 0 Å². The van der Waals surface area contributed by atoms with E-state index in [-0.39, 0.29) is 0 Å². The zero-order valence-electron chi connectivity index (χ0n) is 29.0. The Morgan fingerprint density at radius 2 is 0.944 bits per heavy atom. The number of hydrogen-bond donors (Lipinski definition) is 0. The second-order valence-corrected chi connectivity index (χ2v) is 14.1. The number of hydrogen-bond acceptors (Lipinski definition) is 2. The lowest BCUT2D eigenvalue weighted by Crippen LogP contribution is -1.95. The van der Waals surface area contributed by atoms with Crippen LogP contribution in [0.2, 0.25) is 0 Å². The number of nitrogens with zero attached hydrogens (tertiary/aromatic N) is 2. The van der Waals surface area contributed by atoms with Gasteiger partial charge in [0.05, 0.1) is 21.9 Å². The van der Waals surface area contributed by atoms with Crippen LogP contribution in [0.4, 0.5) is 0 Å². The van der Waals surface area contributed by atoms with Gasteiger partial charge in [-0.15, -0.1) is 0 Å². The van der Waals surface area contributed by atoms with Crippen LogP contribution in [-0.4, -0.2) is 9.13 Å². The molecule has 0 aliphatic carbocycles. The van der Waals surface area contributed by atoms with Crippen molar-refractivity contribution in [2.75, 3.05) is 0 Å². The summed E-state index contributed by atoms with van der Waals surface area (Å²) < 4.78 is 17.4. The first-order valence-electron chi connectivity index (χ1n) is 18.3. The first-order chi connectivity index (χ1) is 26.8. The predicted molar refractivity (Wildman–Crippen MR) is 223 cm³/mol. The Labute approximate surface area is 309 Å². The van der Waals surface area contributed by atoms with Gasteiger partial charge in [-0.2, -0.15) is 0 Å². The summed E-state index contributed by atoms with van der Waals surface area (Å²) >= 11 is 0. The Morgan fingerprint density at radius 1 is 0.315 bits per heavy atom. The molecule has 0 bridgehead atoms. The number of rotatable bonds is 4. The normalized spacial score (nSPS) is 12.1. The van der Waals surface area contributed by atoms with E-state index in [0.29, 0.717) is 0 Å². The maximum Gasteiger partial charge on any atom is 0.213 e. The van der Waals surface area contributed by atoms with Gasteiger partial charge in [-0.1, -0.05) is 109 Å². The largest absolute Gasteiger partial charge is 0.456 e. The molecule has 0 N–H and O–H groups in total. The van der Waals surface area contributed by atoms with Gasteiger partial charge in [-0.3, -0.25) is 4.57 Å². The van der Waals surface area contributed by atoms with Crippen LogP contribution in [0.3, 0.4) is 0 Å². The molecule has 0 spiro atoms. The molecule has 0 fully saturated rings. The van der Waals surface area contributed by atoms with Crippen LogP contribution in [0, 0.1) is 0 Å². The van der Waals surface area contributed by atoms with Crippen molar-refractivity contribution >= 4 is 76.7 Å². The zero-order chi connectivity index (χ0) is 35.3. The molecule has 8 aromatic carbocycles. The highest BCUT2D eigenvalue weighted by atomic mass is 16.3. The Balaban J connectivity index is 1.06. The highest BCUT2D eigenvalue weighted by Gasteiger charge is 2.22. The van der Waals surface area contributed by atoms with Gasteiger partial charge in [0.15, 0.2) is 0 Å². The maximum atomic E-state index is 6.62. The average Bonchev–Trinajstić information content (AvgIpc) is 3.97. The number of para-hydroxylation sites is 4. The van der Waals surface area contributed by atoms with Gasteiger partial charge in [0, 0.05) is 43.7 Å². The number of furan rings is 2. The molecule has 0 radical (unpaired) electrons. The van der Waals surface area contributed by atoms with E-state index in [1.54, 1.807) is 0 Å². The van der Waals surface area contributed by atoms with Crippen molar-refractivity contribution in [1.82, 2.24) is 9.13 Å². The Morgan fingerprint density at radius 3 is 1.81 bits per heavy atom. The predicted octanol–water partition coefficient (Wildman–Crippen LogP) is 13.9. The number of fused-ring (bicyclic) bond motifs is 11. The Kier molecular flexibility index (Phi) is 6.02. The molecule has 0 aliphatic rings. The third-order valence-corrected chi connectivity index (χ3v) is 11.1. The Hall–Kier alpha value is -7.30. The number of benzene rings is 8. The minimum absolute atomic E-state index is 0.860. The lowest BCUT2D eigenvalue weighted by molar-refractivity contribution is 0.645. The first-order valence-corrected chi connectivity index (χ1v) is 18.3. The fourth-order valence-electron chi connectivity index (χ4n) is 8.75. The van der Waals surface area contributed by atoms with Gasteiger partial charge in [0.25, 0.3) is 0 Å². The monoisotopic (exact) mass is 690 g/mol. The highest BCUT2D eigenvalue weighted by molar-refractivity contribution is 6.24. The van der Waals surface area contributed by atoms with Crippen molar-refractivity contribution in [3.63, 3.8) is 0 Å². The highest BCUT2D eigenvalue weighted by Crippen LogP contribution is 2.44. The minimum Gasteiger partial charge on any atom is -0.456 e. The van der Waals surface area contributed by atoms with E-state index in [2.05, 4.69) is 173 Å². The minimum atomic E-state index is 0.860. The molecule has 0 saturated carbocycles. The quantitative estimate of drug-likeness (QED) is 0.184. The molecular weight excluding hydrogens is 661 g/mol. The summed E-state index contributed by atoms with van der Waals surface area (Å²) in [5.41, 5.74) is 13.9. The summed E-state index contributed by atoms with van der Waals surface area (Å²) in [7, 11) is 0. The van der Waals surface area contributed by atoms with Gasteiger partial charge in [0.2, 0.25) is 5.71 Å². The van der Waals surface area contributed by atoms with Gasteiger partial charge >= 0.3 is 0 Å². The summed E-state index contributed by atoms with van der Waals surface area (Å²) in [6.45, 7) is 0. The van der Waals surface area contributed by atoms with E-state index < -0.39 is 0 Å². The second-order valence-electron chi connectivity index (χ2n) is 14.1. The van der Waals surface area contributed by atoms with E-state index in [1.807, 2.05) is 18.2 Å². The van der Waals surface area contributed by atoms with E-state index in [1.165, 1.54) is 43.9 Å². The van der Waals surface area contributed by atoms with Crippen LogP contribution in [-0.2, 0) is 0 Å². The molecule has 0 saturated heterocycles. The molecule has 4 aromatic heterocycles. The summed E-state index contributed by atoms with van der Waals surface area (Å²) in [6, 6.07) is 64.8.